The Morgan fingerprint density at radius 3 is 2.71 bits per heavy atom. The van der Waals surface area contributed by atoms with Crippen LogP contribution in [0.4, 0.5) is 0 Å². The van der Waals surface area contributed by atoms with E-state index in [1.54, 1.807) is 0 Å². The number of aromatic nitrogens is 2. The van der Waals surface area contributed by atoms with Gasteiger partial charge >= 0.3 is 0 Å². The molecule has 1 N–H and O–H groups in total. The molecule has 1 heterocycles. The lowest BCUT2D eigenvalue weighted by Crippen LogP contribution is -2.35. The van der Waals surface area contributed by atoms with Crippen molar-refractivity contribution < 1.29 is 9.53 Å². The summed E-state index contributed by atoms with van der Waals surface area (Å²) in [5, 5.41) is 7.74. The van der Waals surface area contributed by atoms with Gasteiger partial charge in [-0.15, -0.1) is 0 Å². The lowest BCUT2D eigenvalue weighted by atomic mass is 9.92. The smallest absolute Gasteiger partial charge is 0.246 e. The first kappa shape index (κ1) is 17.5. The normalized spacial score (nSPS) is 22.2. The number of amides is 1. The van der Waals surface area contributed by atoms with Crippen LogP contribution in [0.5, 0.6) is 0 Å². The molecule has 0 spiro atoms. The maximum Gasteiger partial charge on any atom is 0.246 e. The molecule has 5 nitrogen and oxygen atoms in total. The number of carbonyl (C=O) groups excluding carboxylic acids is 1. The second kappa shape index (κ2) is 7.26. The highest BCUT2D eigenvalue weighted by Crippen LogP contribution is 2.32. The van der Waals surface area contributed by atoms with Crippen LogP contribution in [0.1, 0.15) is 83.0 Å². The van der Waals surface area contributed by atoms with Gasteiger partial charge in [-0.25, -0.2) is 0 Å². The molecule has 24 heavy (non-hydrogen) atoms. The lowest BCUT2D eigenvalue weighted by Gasteiger charge is -2.28. The SMILES string of the molecule is CC(C)(C)n1ncc2c1CCC[C@@H]2NC(=O)COC1CCCCC1. The minimum Gasteiger partial charge on any atom is -0.368 e. The lowest BCUT2D eigenvalue weighted by molar-refractivity contribution is -0.129. The average molecular weight is 333 g/mol. The van der Waals surface area contributed by atoms with Crippen molar-refractivity contribution in [3.63, 3.8) is 0 Å². The quantitative estimate of drug-likeness (QED) is 0.918. The van der Waals surface area contributed by atoms with Gasteiger partial charge in [-0.05, 0) is 52.9 Å². The molecule has 1 aromatic heterocycles. The minimum atomic E-state index is -0.0242. The maximum absolute atomic E-state index is 12.3. The summed E-state index contributed by atoms with van der Waals surface area (Å²) in [5.74, 6) is 0.00179. The van der Waals surface area contributed by atoms with Crippen molar-refractivity contribution in [3.8, 4) is 0 Å². The van der Waals surface area contributed by atoms with Crippen molar-refractivity contribution in [1.29, 1.82) is 0 Å². The largest absolute Gasteiger partial charge is 0.368 e. The molecular weight excluding hydrogens is 302 g/mol. The fourth-order valence-electron chi connectivity index (χ4n) is 3.95. The van der Waals surface area contributed by atoms with E-state index in [0.717, 1.165) is 32.1 Å². The summed E-state index contributed by atoms with van der Waals surface area (Å²) >= 11 is 0. The van der Waals surface area contributed by atoms with E-state index in [-0.39, 0.29) is 30.2 Å². The molecule has 1 atom stereocenters. The van der Waals surface area contributed by atoms with E-state index in [9.17, 15) is 4.79 Å². The molecule has 3 rings (SSSR count). The van der Waals surface area contributed by atoms with Gasteiger partial charge < -0.3 is 10.1 Å². The van der Waals surface area contributed by atoms with Crippen molar-refractivity contribution in [2.45, 2.75) is 89.8 Å². The predicted molar refractivity (Wildman–Crippen MR) is 93.9 cm³/mol. The van der Waals surface area contributed by atoms with Crippen LogP contribution in [0.3, 0.4) is 0 Å². The van der Waals surface area contributed by atoms with Gasteiger partial charge in [-0.2, -0.15) is 5.10 Å². The summed E-state index contributed by atoms with van der Waals surface area (Å²) in [6.45, 7) is 6.69. The zero-order valence-corrected chi connectivity index (χ0v) is 15.3. The fraction of sp³-hybridized carbons (Fsp3) is 0.789. The van der Waals surface area contributed by atoms with Crippen LogP contribution < -0.4 is 5.32 Å². The number of fused-ring (bicyclic) bond motifs is 1. The molecule has 1 amide bonds. The number of carbonyl (C=O) groups is 1. The zero-order valence-electron chi connectivity index (χ0n) is 15.3. The Bertz CT molecular complexity index is 568. The summed E-state index contributed by atoms with van der Waals surface area (Å²) in [5.41, 5.74) is 2.43. The van der Waals surface area contributed by atoms with Gasteiger partial charge in [0.15, 0.2) is 0 Å². The Hall–Kier alpha value is -1.36. The Morgan fingerprint density at radius 1 is 1.25 bits per heavy atom. The van der Waals surface area contributed by atoms with E-state index in [1.165, 1.54) is 30.5 Å². The highest BCUT2D eigenvalue weighted by atomic mass is 16.5. The number of nitrogens with one attached hydrogen (secondary N) is 1. The van der Waals surface area contributed by atoms with Crippen LogP contribution in [0, 0.1) is 0 Å². The zero-order chi connectivity index (χ0) is 17.2. The molecule has 0 aromatic carbocycles. The second-order valence-electron chi connectivity index (χ2n) is 8.21. The molecule has 1 fully saturated rings. The Labute approximate surface area is 145 Å². The molecule has 0 aliphatic heterocycles. The number of ether oxygens (including phenoxy) is 1. The van der Waals surface area contributed by atoms with Crippen LogP contribution in [0.25, 0.3) is 0 Å². The molecule has 1 saturated carbocycles. The molecule has 0 bridgehead atoms. The molecule has 0 unspecified atom stereocenters. The van der Waals surface area contributed by atoms with Crippen molar-refractivity contribution in [3.05, 3.63) is 17.5 Å². The van der Waals surface area contributed by atoms with Crippen LogP contribution in [0.15, 0.2) is 6.20 Å². The molecule has 1 aromatic rings. The van der Waals surface area contributed by atoms with E-state index in [0.29, 0.717) is 0 Å². The third kappa shape index (κ3) is 4.00. The second-order valence-corrected chi connectivity index (χ2v) is 8.21. The van der Waals surface area contributed by atoms with Crippen molar-refractivity contribution in [2.75, 3.05) is 6.61 Å². The van der Waals surface area contributed by atoms with Crippen molar-refractivity contribution in [1.82, 2.24) is 15.1 Å². The van der Waals surface area contributed by atoms with Gasteiger partial charge in [-0.1, -0.05) is 19.3 Å². The number of hydrogen-bond acceptors (Lipinski definition) is 3. The summed E-state index contributed by atoms with van der Waals surface area (Å²) < 4.78 is 7.91. The van der Waals surface area contributed by atoms with Gasteiger partial charge in [0.25, 0.3) is 0 Å². The van der Waals surface area contributed by atoms with E-state index in [1.807, 2.05) is 6.20 Å². The highest BCUT2D eigenvalue weighted by molar-refractivity contribution is 5.77. The van der Waals surface area contributed by atoms with E-state index in [2.05, 4.69) is 35.9 Å². The van der Waals surface area contributed by atoms with Gasteiger partial charge in [0.05, 0.1) is 23.9 Å². The third-order valence-corrected chi connectivity index (χ3v) is 5.16. The van der Waals surface area contributed by atoms with E-state index in [4.69, 9.17) is 4.74 Å². The van der Waals surface area contributed by atoms with Crippen molar-refractivity contribution >= 4 is 5.91 Å². The van der Waals surface area contributed by atoms with Crippen LogP contribution in [-0.2, 0) is 21.5 Å². The Kier molecular flexibility index (Phi) is 5.28. The predicted octanol–water partition coefficient (Wildman–Crippen LogP) is 3.48. The Balaban J connectivity index is 1.58. The molecule has 0 radical (unpaired) electrons. The van der Waals surface area contributed by atoms with Crippen LogP contribution in [0.2, 0.25) is 0 Å². The summed E-state index contributed by atoms with van der Waals surface area (Å²) in [7, 11) is 0. The fourth-order valence-corrected chi connectivity index (χ4v) is 3.95. The maximum atomic E-state index is 12.3. The highest BCUT2D eigenvalue weighted by Gasteiger charge is 2.29. The minimum absolute atomic E-state index is 0.00179. The van der Waals surface area contributed by atoms with Gasteiger partial charge in [-0.3, -0.25) is 9.48 Å². The molecule has 2 aliphatic rings. The summed E-state index contributed by atoms with van der Waals surface area (Å²) in [4.78, 5) is 12.3. The Morgan fingerprint density at radius 2 is 2.00 bits per heavy atom. The van der Waals surface area contributed by atoms with E-state index >= 15 is 0 Å². The molecule has 134 valence electrons. The number of hydrogen-bond donors (Lipinski definition) is 1. The van der Waals surface area contributed by atoms with E-state index < -0.39 is 0 Å². The van der Waals surface area contributed by atoms with Crippen LogP contribution >= 0.6 is 0 Å². The van der Waals surface area contributed by atoms with Crippen LogP contribution in [-0.4, -0.2) is 28.4 Å². The molecule has 5 heteroatoms. The molecule has 2 aliphatic carbocycles. The third-order valence-electron chi connectivity index (χ3n) is 5.16. The first-order valence-electron chi connectivity index (χ1n) is 9.43. The van der Waals surface area contributed by atoms with Gasteiger partial charge in [0.1, 0.15) is 6.61 Å². The van der Waals surface area contributed by atoms with Gasteiger partial charge in [0, 0.05) is 11.3 Å². The summed E-state index contributed by atoms with van der Waals surface area (Å²) in [6, 6.07) is 0.0762. The van der Waals surface area contributed by atoms with Crippen molar-refractivity contribution in [2.24, 2.45) is 0 Å². The number of rotatable bonds is 4. The molecular formula is C19H31N3O2. The first-order valence-corrected chi connectivity index (χ1v) is 9.43. The molecule has 0 saturated heterocycles. The standard InChI is InChI=1S/C19H31N3O2/c1-19(2,3)22-17-11-7-10-16(15(17)12-20-22)21-18(23)13-24-14-8-5-4-6-9-14/h12,14,16H,4-11,13H2,1-3H3,(H,21,23)/t16-/m0/s1. The topological polar surface area (TPSA) is 56.2 Å². The number of nitrogens with zero attached hydrogens (tertiary/aromatic N) is 2. The monoisotopic (exact) mass is 333 g/mol. The first-order chi connectivity index (χ1) is 11.4. The average Bonchev–Trinajstić information content (AvgIpc) is 2.99. The van der Waals surface area contributed by atoms with Gasteiger partial charge in [0.2, 0.25) is 5.91 Å². The summed E-state index contributed by atoms with van der Waals surface area (Å²) in [6.07, 6.45) is 11.3.